The lowest BCUT2D eigenvalue weighted by atomic mass is 9.96. The highest BCUT2D eigenvalue weighted by molar-refractivity contribution is 7.22. The van der Waals surface area contributed by atoms with Crippen LogP contribution in [0.5, 0.6) is 5.75 Å². The molecule has 2 heterocycles. The third kappa shape index (κ3) is 4.37. The number of hydrogen-bond acceptors (Lipinski definition) is 5. The number of fused-ring (bicyclic) bond motifs is 1. The fourth-order valence-corrected chi connectivity index (χ4v) is 4.73. The molecule has 1 fully saturated rings. The smallest absolute Gasteiger partial charge is 0.227 e. The van der Waals surface area contributed by atoms with E-state index in [0.29, 0.717) is 5.92 Å². The number of carbonyl (C=O) groups is 1. The van der Waals surface area contributed by atoms with E-state index in [-0.39, 0.29) is 11.8 Å². The van der Waals surface area contributed by atoms with Crippen molar-refractivity contribution >= 4 is 38.3 Å². The lowest BCUT2D eigenvalue weighted by Gasteiger charge is -2.31. The van der Waals surface area contributed by atoms with Gasteiger partial charge in [-0.15, -0.1) is 0 Å². The number of rotatable bonds is 5. The highest BCUT2D eigenvalue weighted by Crippen LogP contribution is 2.33. The summed E-state index contributed by atoms with van der Waals surface area (Å²) in [5, 5.41) is 4.11. The van der Waals surface area contributed by atoms with Crippen molar-refractivity contribution in [2.75, 3.05) is 30.4 Å². The Morgan fingerprint density at radius 2 is 1.90 bits per heavy atom. The van der Waals surface area contributed by atoms with E-state index in [0.717, 1.165) is 52.7 Å². The maximum absolute atomic E-state index is 12.7. The first-order valence-corrected chi connectivity index (χ1v) is 11.0. The van der Waals surface area contributed by atoms with Crippen LogP contribution in [0.25, 0.3) is 10.2 Å². The van der Waals surface area contributed by atoms with E-state index in [1.807, 2.05) is 30.3 Å². The highest BCUT2D eigenvalue weighted by Gasteiger charge is 2.26. The predicted molar refractivity (Wildman–Crippen MR) is 120 cm³/mol. The number of hydrogen-bond donors (Lipinski definition) is 1. The van der Waals surface area contributed by atoms with Crippen molar-refractivity contribution in [2.45, 2.75) is 32.6 Å². The molecule has 0 saturated carbocycles. The molecule has 1 aliphatic heterocycles. The maximum Gasteiger partial charge on any atom is 0.227 e. The number of anilines is 2. The Kier molecular flexibility index (Phi) is 5.72. The van der Waals surface area contributed by atoms with Gasteiger partial charge in [-0.05, 0) is 54.7 Å². The minimum Gasteiger partial charge on any atom is -0.497 e. The molecule has 1 amide bonds. The summed E-state index contributed by atoms with van der Waals surface area (Å²) in [6.45, 7) is 6.04. The molecule has 1 saturated heterocycles. The summed E-state index contributed by atoms with van der Waals surface area (Å²) >= 11 is 1.68. The van der Waals surface area contributed by atoms with Crippen LogP contribution in [-0.4, -0.2) is 31.1 Å². The quantitative estimate of drug-likeness (QED) is 0.623. The zero-order valence-electron chi connectivity index (χ0n) is 17.1. The van der Waals surface area contributed by atoms with Gasteiger partial charge in [-0.25, -0.2) is 4.98 Å². The zero-order valence-corrected chi connectivity index (χ0v) is 18.0. The van der Waals surface area contributed by atoms with Crippen molar-refractivity contribution in [3.05, 3.63) is 48.0 Å². The molecule has 0 atom stereocenters. The maximum atomic E-state index is 12.7. The summed E-state index contributed by atoms with van der Waals surface area (Å²) in [5.74, 6) is 1.51. The van der Waals surface area contributed by atoms with E-state index in [4.69, 9.17) is 9.72 Å². The van der Waals surface area contributed by atoms with Crippen LogP contribution in [0.1, 0.15) is 38.2 Å². The number of carbonyl (C=O) groups excluding carboxylic acids is 1. The van der Waals surface area contributed by atoms with Gasteiger partial charge in [0.05, 0.1) is 17.3 Å². The van der Waals surface area contributed by atoms with Crippen molar-refractivity contribution in [1.29, 1.82) is 0 Å². The van der Waals surface area contributed by atoms with Crippen molar-refractivity contribution in [3.8, 4) is 5.75 Å². The second kappa shape index (κ2) is 8.41. The zero-order chi connectivity index (χ0) is 20.4. The Labute approximate surface area is 175 Å². The van der Waals surface area contributed by atoms with Crippen LogP contribution in [0, 0.1) is 5.92 Å². The minimum absolute atomic E-state index is 0.0468. The average Bonchev–Trinajstić information content (AvgIpc) is 3.17. The highest BCUT2D eigenvalue weighted by atomic mass is 32.1. The number of methoxy groups -OCH3 is 1. The molecule has 0 radical (unpaired) electrons. The topological polar surface area (TPSA) is 54.5 Å². The number of ether oxygens (including phenoxy) is 1. The fourth-order valence-electron chi connectivity index (χ4n) is 3.68. The Morgan fingerprint density at radius 3 is 2.55 bits per heavy atom. The van der Waals surface area contributed by atoms with Crippen molar-refractivity contribution < 1.29 is 9.53 Å². The number of nitrogens with zero attached hydrogens (tertiary/aromatic N) is 2. The number of nitrogens with one attached hydrogen (secondary N) is 1. The molecule has 1 N–H and O–H groups in total. The largest absolute Gasteiger partial charge is 0.497 e. The van der Waals surface area contributed by atoms with Gasteiger partial charge >= 0.3 is 0 Å². The van der Waals surface area contributed by atoms with Gasteiger partial charge in [0.25, 0.3) is 0 Å². The van der Waals surface area contributed by atoms with E-state index < -0.39 is 0 Å². The Balaban J connectivity index is 1.35. The van der Waals surface area contributed by atoms with Gasteiger partial charge in [-0.3, -0.25) is 4.79 Å². The number of amides is 1. The molecule has 0 aliphatic carbocycles. The summed E-state index contributed by atoms with van der Waals surface area (Å²) in [6, 6.07) is 14.1. The summed E-state index contributed by atoms with van der Waals surface area (Å²) in [5.41, 5.74) is 3.15. The minimum atomic E-state index is 0.0468. The summed E-state index contributed by atoms with van der Waals surface area (Å²) in [6.07, 6.45) is 1.68. The van der Waals surface area contributed by atoms with Crippen molar-refractivity contribution in [3.63, 3.8) is 0 Å². The van der Waals surface area contributed by atoms with Crippen molar-refractivity contribution in [1.82, 2.24) is 4.98 Å². The van der Waals surface area contributed by atoms with Gasteiger partial charge in [0, 0.05) is 24.7 Å². The molecule has 3 aromatic rings. The molecule has 2 aromatic carbocycles. The van der Waals surface area contributed by atoms with Gasteiger partial charge < -0.3 is 15.0 Å². The Bertz CT molecular complexity index is 989. The predicted octanol–water partition coefficient (Wildman–Crippen LogP) is 5.28. The molecular formula is C23H27N3O2S. The summed E-state index contributed by atoms with van der Waals surface area (Å²) < 4.78 is 6.43. The first-order chi connectivity index (χ1) is 14.0. The lowest BCUT2D eigenvalue weighted by Crippen LogP contribution is -2.38. The number of benzene rings is 2. The molecule has 0 bridgehead atoms. The molecule has 1 aromatic heterocycles. The van der Waals surface area contributed by atoms with Crippen LogP contribution in [0.2, 0.25) is 0 Å². The molecule has 0 unspecified atom stereocenters. The first-order valence-electron chi connectivity index (χ1n) is 10.1. The standard InChI is InChI=1S/C23H27N3O2S/c1-15(2)16-4-6-18(7-5-16)24-22(27)17-10-12-26(13-11-17)23-25-20-9-8-19(28-3)14-21(20)29-23/h4-9,14-15,17H,10-13H2,1-3H3,(H,24,27). The summed E-state index contributed by atoms with van der Waals surface area (Å²) in [4.78, 5) is 19.7. The Morgan fingerprint density at radius 1 is 1.17 bits per heavy atom. The van der Waals surface area contributed by atoms with Crippen LogP contribution in [0.3, 0.4) is 0 Å². The van der Waals surface area contributed by atoms with Gasteiger partial charge in [0.1, 0.15) is 5.75 Å². The third-order valence-electron chi connectivity index (χ3n) is 5.57. The molecule has 4 rings (SSSR count). The van der Waals surface area contributed by atoms with Crippen LogP contribution >= 0.6 is 11.3 Å². The first kappa shape index (κ1) is 19.7. The van der Waals surface area contributed by atoms with E-state index in [2.05, 4.69) is 36.2 Å². The Hall–Kier alpha value is -2.60. The van der Waals surface area contributed by atoms with E-state index in [1.54, 1.807) is 18.4 Å². The van der Waals surface area contributed by atoms with Crippen LogP contribution in [0.4, 0.5) is 10.8 Å². The fraction of sp³-hybridized carbons (Fsp3) is 0.391. The van der Waals surface area contributed by atoms with E-state index >= 15 is 0 Å². The second-order valence-electron chi connectivity index (χ2n) is 7.86. The third-order valence-corrected chi connectivity index (χ3v) is 6.64. The van der Waals surface area contributed by atoms with Crippen molar-refractivity contribution in [2.24, 2.45) is 5.92 Å². The van der Waals surface area contributed by atoms with Gasteiger partial charge in [-0.1, -0.05) is 37.3 Å². The SMILES string of the molecule is COc1ccc2nc(N3CCC(C(=O)Nc4ccc(C(C)C)cc4)CC3)sc2c1. The molecule has 0 spiro atoms. The normalized spacial score (nSPS) is 15.1. The molecule has 6 heteroatoms. The molecule has 1 aliphatic rings. The van der Waals surface area contributed by atoms with Crippen LogP contribution < -0.4 is 15.0 Å². The number of aromatic nitrogens is 1. The van der Waals surface area contributed by atoms with Crippen LogP contribution in [0.15, 0.2) is 42.5 Å². The molecule has 29 heavy (non-hydrogen) atoms. The monoisotopic (exact) mass is 409 g/mol. The molecule has 5 nitrogen and oxygen atoms in total. The van der Waals surface area contributed by atoms with Gasteiger partial charge in [0.15, 0.2) is 5.13 Å². The van der Waals surface area contributed by atoms with E-state index in [1.165, 1.54) is 5.56 Å². The van der Waals surface area contributed by atoms with Gasteiger partial charge in [-0.2, -0.15) is 0 Å². The number of piperidine rings is 1. The second-order valence-corrected chi connectivity index (χ2v) is 8.87. The molecule has 152 valence electrons. The summed E-state index contributed by atoms with van der Waals surface area (Å²) in [7, 11) is 1.68. The molecular weight excluding hydrogens is 382 g/mol. The lowest BCUT2D eigenvalue weighted by molar-refractivity contribution is -0.120. The van der Waals surface area contributed by atoms with E-state index in [9.17, 15) is 4.79 Å². The number of thiazole rings is 1. The van der Waals surface area contributed by atoms with Crippen LogP contribution in [-0.2, 0) is 4.79 Å². The average molecular weight is 410 g/mol. The van der Waals surface area contributed by atoms with Gasteiger partial charge in [0.2, 0.25) is 5.91 Å².